The molecule has 1 rings (SSSR count). The van der Waals surface area contributed by atoms with E-state index in [1.165, 1.54) is 22.7 Å². The minimum atomic E-state index is 0.190. The molecule has 0 aliphatic carbocycles. The van der Waals surface area contributed by atoms with Crippen molar-refractivity contribution in [3.05, 3.63) is 0 Å². The van der Waals surface area contributed by atoms with Crippen LogP contribution in [0.25, 0.3) is 0 Å². The molecule has 0 spiro atoms. The van der Waals surface area contributed by atoms with Gasteiger partial charge in [0, 0.05) is 10.2 Å². The molecule has 9 heavy (non-hydrogen) atoms. The van der Waals surface area contributed by atoms with Gasteiger partial charge in [-0.15, -0.1) is 0 Å². The van der Waals surface area contributed by atoms with Crippen molar-refractivity contribution in [1.82, 2.24) is 0 Å². The Labute approximate surface area is 59.6 Å². The highest BCUT2D eigenvalue weighted by Gasteiger charge is 2.19. The van der Waals surface area contributed by atoms with Crippen molar-refractivity contribution < 1.29 is 9.84 Å². The molecule has 0 bridgehead atoms. The first kappa shape index (κ1) is 9.14. The summed E-state index contributed by atoms with van der Waals surface area (Å²) in [6.45, 7) is 3.17. The van der Waals surface area contributed by atoms with E-state index in [1.54, 1.807) is 0 Å². The van der Waals surface area contributed by atoms with Crippen LogP contribution in [0.2, 0.25) is 6.04 Å². The molecule has 2 nitrogen and oxygen atoms in total. The normalized spacial score (nSPS) is 22.7. The van der Waals surface area contributed by atoms with E-state index in [9.17, 15) is 0 Å². The third kappa shape index (κ3) is 8.14. The molecule has 0 aromatic carbocycles. The number of epoxide rings is 1. The summed E-state index contributed by atoms with van der Waals surface area (Å²) < 4.78 is 4.61. The summed E-state index contributed by atoms with van der Waals surface area (Å²) in [6, 6.07) is 1.46. The van der Waals surface area contributed by atoms with E-state index in [1.807, 2.05) is 0 Å². The largest absolute Gasteiger partial charge is 0.394 e. The molecule has 56 valence electrons. The van der Waals surface area contributed by atoms with Crippen LogP contribution in [-0.2, 0) is 4.74 Å². The zero-order chi connectivity index (χ0) is 7.11. The average molecular weight is 148 g/mol. The molecule has 3 heteroatoms. The molecule has 0 aromatic heterocycles. The molecule has 1 heterocycles. The number of ether oxygens (including phenoxy) is 1. The van der Waals surface area contributed by atoms with Gasteiger partial charge in [0.05, 0.1) is 13.2 Å². The highest BCUT2D eigenvalue weighted by molar-refractivity contribution is 6.08. The summed E-state index contributed by atoms with van der Waals surface area (Å²) in [5.74, 6) is 0. The Bertz CT molecular complexity index is 53.0. The van der Waals surface area contributed by atoms with E-state index in [-0.39, 0.29) is 12.7 Å². The summed E-state index contributed by atoms with van der Waals surface area (Å²) in [5.41, 5.74) is 0. The fraction of sp³-hybridized carbons (Fsp3) is 1.00. The van der Waals surface area contributed by atoms with Gasteiger partial charge in [-0.05, 0) is 0 Å². The lowest BCUT2D eigenvalue weighted by atomic mass is 10.5. The standard InChI is InChI=1S/C3H6O2.C3H10Si/c4-1-3-2-5-3;1-2-3-4/h3-4H,1-2H2;2-3H2,1,4H3. The van der Waals surface area contributed by atoms with Crippen molar-refractivity contribution in [2.45, 2.75) is 25.5 Å². The first-order chi connectivity index (χ1) is 4.35. The second-order valence-corrected chi connectivity index (χ2v) is 3.14. The minimum absolute atomic E-state index is 0.190. The Kier molecular flexibility index (Phi) is 6.35. The third-order valence-corrected chi connectivity index (χ3v) is 2.11. The molecular weight excluding hydrogens is 132 g/mol. The molecule has 0 aromatic rings. The van der Waals surface area contributed by atoms with Gasteiger partial charge in [-0.25, -0.2) is 0 Å². The number of aliphatic hydroxyl groups excluding tert-OH is 1. The first-order valence-corrected chi connectivity index (χ1v) is 4.99. The lowest BCUT2D eigenvalue weighted by molar-refractivity contribution is 0.244. The predicted octanol–water partition coefficient (Wildman–Crippen LogP) is -0.442. The van der Waals surface area contributed by atoms with Crippen molar-refractivity contribution in [2.24, 2.45) is 0 Å². The Morgan fingerprint density at radius 2 is 2.22 bits per heavy atom. The summed E-state index contributed by atoms with van der Waals surface area (Å²) in [7, 11) is 1.39. The van der Waals surface area contributed by atoms with Crippen LogP contribution in [0.1, 0.15) is 13.3 Å². The van der Waals surface area contributed by atoms with Gasteiger partial charge in [0.15, 0.2) is 0 Å². The van der Waals surface area contributed by atoms with Crippen LogP contribution in [0.3, 0.4) is 0 Å². The van der Waals surface area contributed by atoms with E-state index >= 15 is 0 Å². The number of hydrogen-bond donors (Lipinski definition) is 1. The van der Waals surface area contributed by atoms with E-state index < -0.39 is 0 Å². The molecule has 0 radical (unpaired) electrons. The lowest BCUT2D eigenvalue weighted by Crippen LogP contribution is -1.88. The molecule has 0 amide bonds. The van der Waals surface area contributed by atoms with Crippen LogP contribution in [0.15, 0.2) is 0 Å². The summed E-state index contributed by atoms with van der Waals surface area (Å²) in [5, 5.41) is 8.08. The van der Waals surface area contributed by atoms with Crippen molar-refractivity contribution in [2.75, 3.05) is 13.2 Å². The van der Waals surface area contributed by atoms with Gasteiger partial charge in [0.1, 0.15) is 6.10 Å². The fourth-order valence-electron chi connectivity index (χ4n) is 0.173. The van der Waals surface area contributed by atoms with Gasteiger partial charge in [-0.3, -0.25) is 0 Å². The predicted molar refractivity (Wildman–Crippen MR) is 41.9 cm³/mol. The van der Waals surface area contributed by atoms with Gasteiger partial charge in [0.25, 0.3) is 0 Å². The minimum Gasteiger partial charge on any atom is -0.394 e. The van der Waals surface area contributed by atoms with Gasteiger partial charge < -0.3 is 9.84 Å². The Balaban J connectivity index is 0.000000148. The van der Waals surface area contributed by atoms with E-state index in [0.717, 1.165) is 6.61 Å². The monoisotopic (exact) mass is 148 g/mol. The fourth-order valence-corrected chi connectivity index (χ4v) is 0.173. The summed E-state index contributed by atoms with van der Waals surface area (Å²) >= 11 is 0. The smallest absolute Gasteiger partial charge is 0.104 e. The zero-order valence-electron chi connectivity index (χ0n) is 6.26. The van der Waals surface area contributed by atoms with E-state index in [2.05, 4.69) is 11.7 Å². The van der Waals surface area contributed by atoms with Gasteiger partial charge in [0.2, 0.25) is 0 Å². The summed E-state index contributed by atoms with van der Waals surface area (Å²) in [6.07, 6.45) is 1.57. The molecule has 1 unspecified atom stereocenters. The number of aliphatic hydroxyl groups is 1. The maximum Gasteiger partial charge on any atom is 0.104 e. The lowest BCUT2D eigenvalue weighted by Gasteiger charge is -1.70. The maximum atomic E-state index is 8.08. The highest BCUT2D eigenvalue weighted by atomic mass is 28.1. The molecule has 0 saturated carbocycles. The van der Waals surface area contributed by atoms with Crippen molar-refractivity contribution >= 4 is 10.2 Å². The quantitative estimate of drug-likeness (QED) is 0.425. The first-order valence-electron chi connectivity index (χ1n) is 3.57. The molecule has 1 saturated heterocycles. The van der Waals surface area contributed by atoms with Crippen LogP contribution in [0, 0.1) is 0 Å². The van der Waals surface area contributed by atoms with Crippen LogP contribution >= 0.6 is 0 Å². The second kappa shape index (κ2) is 6.26. The van der Waals surface area contributed by atoms with Gasteiger partial charge in [-0.1, -0.05) is 19.4 Å². The molecule has 1 N–H and O–H groups in total. The van der Waals surface area contributed by atoms with Crippen molar-refractivity contribution in [3.63, 3.8) is 0 Å². The van der Waals surface area contributed by atoms with Crippen LogP contribution in [0.5, 0.6) is 0 Å². The third-order valence-electron chi connectivity index (χ3n) is 1.11. The van der Waals surface area contributed by atoms with Crippen molar-refractivity contribution in [1.29, 1.82) is 0 Å². The topological polar surface area (TPSA) is 32.8 Å². The van der Waals surface area contributed by atoms with Gasteiger partial charge >= 0.3 is 0 Å². The molecular formula is C6H16O2Si. The average Bonchev–Trinajstić information content (AvgIpc) is 2.70. The second-order valence-electron chi connectivity index (χ2n) is 2.14. The Morgan fingerprint density at radius 3 is 2.22 bits per heavy atom. The highest BCUT2D eigenvalue weighted by Crippen LogP contribution is 2.04. The summed E-state index contributed by atoms with van der Waals surface area (Å²) in [4.78, 5) is 0. The van der Waals surface area contributed by atoms with E-state index in [0.29, 0.717) is 0 Å². The van der Waals surface area contributed by atoms with Crippen molar-refractivity contribution in [3.8, 4) is 0 Å². The van der Waals surface area contributed by atoms with Crippen LogP contribution in [0.4, 0.5) is 0 Å². The van der Waals surface area contributed by atoms with Gasteiger partial charge in [-0.2, -0.15) is 0 Å². The molecule has 1 aliphatic rings. The van der Waals surface area contributed by atoms with Crippen LogP contribution < -0.4 is 0 Å². The number of hydrogen-bond acceptors (Lipinski definition) is 2. The Morgan fingerprint density at radius 1 is 1.78 bits per heavy atom. The molecule has 1 aliphatic heterocycles. The van der Waals surface area contributed by atoms with Crippen LogP contribution in [-0.4, -0.2) is 34.7 Å². The maximum absolute atomic E-state index is 8.08. The molecule has 1 atom stereocenters. The molecule has 1 fully saturated rings. The SMILES string of the molecule is CCC[SiH3].OCC1CO1. The number of rotatable bonds is 2. The zero-order valence-corrected chi connectivity index (χ0v) is 8.26. The van der Waals surface area contributed by atoms with E-state index in [4.69, 9.17) is 5.11 Å². The Hall–Kier alpha value is 0.137.